The summed E-state index contributed by atoms with van der Waals surface area (Å²) in [7, 11) is 0. The molecule has 0 heterocycles. The minimum atomic E-state index is -0.0303. The van der Waals surface area contributed by atoms with E-state index in [2.05, 4.69) is 20.8 Å². The van der Waals surface area contributed by atoms with Gasteiger partial charge in [-0.1, -0.05) is 27.7 Å². The van der Waals surface area contributed by atoms with Gasteiger partial charge in [-0.15, -0.1) is 0 Å². The lowest BCUT2D eigenvalue weighted by Crippen LogP contribution is -2.39. The monoisotopic (exact) mass is 224 g/mol. The van der Waals surface area contributed by atoms with Crippen LogP contribution < -0.4 is 0 Å². The SMILES string of the molecule is CCC(=O)O[C@H]1C[C@@H]2CC[C@@]1(C)C2(C)CC. The van der Waals surface area contributed by atoms with Gasteiger partial charge in [0, 0.05) is 11.8 Å². The van der Waals surface area contributed by atoms with Crippen LogP contribution in [0.2, 0.25) is 0 Å². The van der Waals surface area contributed by atoms with E-state index in [1.807, 2.05) is 6.92 Å². The Morgan fingerprint density at radius 3 is 2.56 bits per heavy atom. The summed E-state index contributed by atoms with van der Waals surface area (Å²) in [6.07, 6.45) is 5.51. The summed E-state index contributed by atoms with van der Waals surface area (Å²) < 4.78 is 5.66. The molecule has 92 valence electrons. The van der Waals surface area contributed by atoms with Crippen LogP contribution in [0.15, 0.2) is 0 Å². The lowest BCUT2D eigenvalue weighted by atomic mass is 9.67. The Morgan fingerprint density at radius 2 is 2.06 bits per heavy atom. The van der Waals surface area contributed by atoms with Crippen LogP contribution >= 0.6 is 0 Å². The lowest BCUT2D eigenvalue weighted by Gasteiger charge is -2.40. The van der Waals surface area contributed by atoms with Crippen LogP contribution in [0.5, 0.6) is 0 Å². The van der Waals surface area contributed by atoms with E-state index in [-0.39, 0.29) is 17.5 Å². The van der Waals surface area contributed by atoms with Gasteiger partial charge < -0.3 is 4.74 Å². The van der Waals surface area contributed by atoms with Gasteiger partial charge in [0.1, 0.15) is 6.10 Å². The van der Waals surface area contributed by atoms with Crippen molar-refractivity contribution in [3.63, 3.8) is 0 Å². The van der Waals surface area contributed by atoms with E-state index in [1.54, 1.807) is 0 Å². The van der Waals surface area contributed by atoms with Crippen LogP contribution in [0.1, 0.15) is 59.8 Å². The Kier molecular flexibility index (Phi) is 2.80. The molecule has 0 aliphatic heterocycles. The third kappa shape index (κ3) is 1.34. The van der Waals surface area contributed by atoms with E-state index in [0.29, 0.717) is 11.8 Å². The summed E-state index contributed by atoms with van der Waals surface area (Å²) in [5.41, 5.74) is 0.600. The average molecular weight is 224 g/mol. The van der Waals surface area contributed by atoms with Gasteiger partial charge in [0.2, 0.25) is 0 Å². The van der Waals surface area contributed by atoms with Crippen molar-refractivity contribution in [3.8, 4) is 0 Å². The molecule has 0 saturated heterocycles. The predicted molar refractivity (Wildman–Crippen MR) is 64.0 cm³/mol. The van der Waals surface area contributed by atoms with Gasteiger partial charge in [0.05, 0.1) is 0 Å². The lowest BCUT2D eigenvalue weighted by molar-refractivity contribution is -0.156. The normalized spacial score (nSPS) is 46.0. The fourth-order valence-electron chi connectivity index (χ4n) is 4.08. The van der Waals surface area contributed by atoms with Gasteiger partial charge in [-0.3, -0.25) is 4.79 Å². The predicted octanol–water partition coefficient (Wildman–Crippen LogP) is 3.54. The molecule has 0 aromatic carbocycles. The number of hydrogen-bond donors (Lipinski definition) is 0. The first-order valence-electron chi connectivity index (χ1n) is 6.67. The van der Waals surface area contributed by atoms with E-state index in [9.17, 15) is 4.79 Å². The maximum atomic E-state index is 11.5. The number of esters is 1. The first-order chi connectivity index (χ1) is 7.48. The van der Waals surface area contributed by atoms with Gasteiger partial charge >= 0.3 is 5.97 Å². The summed E-state index contributed by atoms with van der Waals surface area (Å²) >= 11 is 0. The molecular formula is C14H24O2. The number of carbonyl (C=O) groups is 1. The minimum Gasteiger partial charge on any atom is -0.462 e. The van der Waals surface area contributed by atoms with Crippen molar-refractivity contribution in [1.29, 1.82) is 0 Å². The molecule has 2 bridgehead atoms. The number of fused-ring (bicyclic) bond motifs is 2. The quantitative estimate of drug-likeness (QED) is 0.685. The number of ether oxygens (including phenoxy) is 1. The first-order valence-corrected chi connectivity index (χ1v) is 6.67. The fraction of sp³-hybridized carbons (Fsp3) is 0.929. The van der Waals surface area contributed by atoms with Crippen LogP contribution in [-0.2, 0) is 9.53 Å². The van der Waals surface area contributed by atoms with E-state index in [0.717, 1.165) is 12.3 Å². The van der Waals surface area contributed by atoms with Crippen molar-refractivity contribution >= 4 is 5.97 Å². The highest BCUT2D eigenvalue weighted by Gasteiger charge is 2.64. The largest absolute Gasteiger partial charge is 0.462 e. The topological polar surface area (TPSA) is 26.3 Å². The van der Waals surface area contributed by atoms with Crippen molar-refractivity contribution in [2.45, 2.75) is 65.9 Å². The summed E-state index contributed by atoms with van der Waals surface area (Å²) in [4.78, 5) is 11.5. The summed E-state index contributed by atoms with van der Waals surface area (Å²) in [6, 6.07) is 0. The molecule has 1 unspecified atom stereocenters. The molecule has 0 amide bonds. The Labute approximate surface area is 98.7 Å². The second-order valence-electron chi connectivity index (χ2n) is 5.99. The summed E-state index contributed by atoms with van der Waals surface area (Å²) in [5, 5.41) is 0. The number of rotatable bonds is 3. The van der Waals surface area contributed by atoms with Gasteiger partial charge in [-0.05, 0) is 37.0 Å². The van der Waals surface area contributed by atoms with Gasteiger partial charge in [-0.25, -0.2) is 0 Å². The second kappa shape index (κ2) is 3.75. The molecule has 2 heteroatoms. The zero-order chi connectivity index (χ0) is 12.0. The average Bonchev–Trinajstić information content (AvgIpc) is 2.64. The van der Waals surface area contributed by atoms with Gasteiger partial charge in [0.25, 0.3) is 0 Å². The molecular weight excluding hydrogens is 200 g/mol. The van der Waals surface area contributed by atoms with Crippen LogP contribution in [0, 0.1) is 16.7 Å². The van der Waals surface area contributed by atoms with Crippen LogP contribution in [0.3, 0.4) is 0 Å². The van der Waals surface area contributed by atoms with Crippen LogP contribution in [0.25, 0.3) is 0 Å². The molecule has 2 aliphatic rings. The van der Waals surface area contributed by atoms with Crippen molar-refractivity contribution in [3.05, 3.63) is 0 Å². The van der Waals surface area contributed by atoms with E-state index < -0.39 is 0 Å². The van der Waals surface area contributed by atoms with Gasteiger partial charge in [-0.2, -0.15) is 0 Å². The molecule has 0 N–H and O–H groups in total. The number of hydrogen-bond acceptors (Lipinski definition) is 2. The minimum absolute atomic E-state index is 0.0303. The summed E-state index contributed by atoms with van der Waals surface area (Å²) in [6.45, 7) is 8.87. The molecule has 2 aliphatic carbocycles. The van der Waals surface area contributed by atoms with E-state index >= 15 is 0 Å². The fourth-order valence-corrected chi connectivity index (χ4v) is 4.08. The van der Waals surface area contributed by atoms with Crippen molar-refractivity contribution in [2.75, 3.05) is 0 Å². The molecule has 0 aromatic heterocycles. The Balaban J connectivity index is 2.18. The van der Waals surface area contributed by atoms with E-state index in [4.69, 9.17) is 4.74 Å². The highest BCUT2D eigenvalue weighted by molar-refractivity contribution is 5.69. The molecule has 2 nitrogen and oxygen atoms in total. The van der Waals surface area contributed by atoms with Crippen LogP contribution in [0.4, 0.5) is 0 Å². The zero-order valence-corrected chi connectivity index (χ0v) is 11.0. The molecule has 2 fully saturated rings. The van der Waals surface area contributed by atoms with Crippen molar-refractivity contribution < 1.29 is 9.53 Å². The van der Waals surface area contributed by atoms with Crippen molar-refractivity contribution in [2.24, 2.45) is 16.7 Å². The molecule has 16 heavy (non-hydrogen) atoms. The maximum absolute atomic E-state index is 11.5. The Bertz CT molecular complexity index is 299. The number of carbonyl (C=O) groups excluding carboxylic acids is 1. The molecule has 4 atom stereocenters. The third-order valence-corrected chi connectivity index (χ3v) is 5.72. The molecule has 0 radical (unpaired) electrons. The molecule has 0 aromatic rings. The molecule has 2 saturated carbocycles. The van der Waals surface area contributed by atoms with Gasteiger partial charge in [0.15, 0.2) is 0 Å². The molecule has 0 spiro atoms. The standard InChI is InChI=1S/C14H24O2/c1-5-12(15)16-11-9-10-7-8-14(11,4)13(10,3)6-2/h10-11H,5-9H2,1-4H3/t10-,11-,13?,14+/m0/s1. The first kappa shape index (κ1) is 11.9. The van der Waals surface area contributed by atoms with Crippen molar-refractivity contribution in [1.82, 2.24) is 0 Å². The van der Waals surface area contributed by atoms with Crippen LogP contribution in [-0.4, -0.2) is 12.1 Å². The Morgan fingerprint density at radius 1 is 1.38 bits per heavy atom. The maximum Gasteiger partial charge on any atom is 0.305 e. The third-order valence-electron chi connectivity index (χ3n) is 5.72. The smallest absolute Gasteiger partial charge is 0.305 e. The molecule has 2 rings (SSSR count). The Hall–Kier alpha value is -0.530. The highest BCUT2D eigenvalue weighted by Crippen LogP contribution is 2.67. The highest BCUT2D eigenvalue weighted by atomic mass is 16.5. The van der Waals surface area contributed by atoms with E-state index in [1.165, 1.54) is 19.3 Å². The summed E-state index contributed by atoms with van der Waals surface area (Å²) in [5.74, 6) is 0.731. The second-order valence-corrected chi connectivity index (χ2v) is 5.99. The zero-order valence-electron chi connectivity index (χ0n) is 11.0.